The maximum atomic E-state index is 10.7. The van der Waals surface area contributed by atoms with E-state index in [1.165, 1.54) is 4.70 Å². The summed E-state index contributed by atoms with van der Waals surface area (Å²) in [7, 11) is 0. The first kappa shape index (κ1) is 9.30. The largest absolute Gasteiger partial charge is 0.270 e. The fraction of sp³-hybridized carbons (Fsp3) is 0. The first-order valence-electron chi connectivity index (χ1n) is 4.80. The van der Waals surface area contributed by atoms with E-state index in [2.05, 4.69) is 0 Å². The summed E-state index contributed by atoms with van der Waals surface area (Å²) in [5.41, 5.74) is 0.141. The van der Waals surface area contributed by atoms with Gasteiger partial charge >= 0.3 is 0 Å². The number of nitro benzene ring substituents is 1. The Kier molecular flexibility index (Phi) is 1.91. The van der Waals surface area contributed by atoms with Gasteiger partial charge in [-0.1, -0.05) is 6.07 Å². The van der Waals surface area contributed by atoms with Crippen LogP contribution in [-0.4, -0.2) is 4.92 Å². The summed E-state index contributed by atoms with van der Waals surface area (Å²) in [5, 5.41) is 15.9. The van der Waals surface area contributed by atoms with Crippen LogP contribution < -0.4 is 0 Å². The van der Waals surface area contributed by atoms with E-state index in [1.807, 2.05) is 29.6 Å². The zero-order valence-electron chi connectivity index (χ0n) is 8.21. The second kappa shape index (κ2) is 3.28. The summed E-state index contributed by atoms with van der Waals surface area (Å²) in [4.78, 5) is 10.3. The minimum Gasteiger partial charge on any atom is -0.258 e. The lowest BCUT2D eigenvalue weighted by molar-refractivity contribution is -0.384. The molecule has 16 heavy (non-hydrogen) atoms. The molecule has 2 aromatic carbocycles. The highest BCUT2D eigenvalue weighted by Crippen LogP contribution is 2.30. The SMILES string of the molecule is O=[N+]([O-])c1ccc2c(ccc3sccc32)c1. The van der Waals surface area contributed by atoms with Crippen LogP contribution in [0, 0.1) is 10.1 Å². The third-order valence-corrected chi connectivity index (χ3v) is 3.53. The third-order valence-electron chi connectivity index (χ3n) is 2.65. The number of nitro groups is 1. The Morgan fingerprint density at radius 1 is 1.06 bits per heavy atom. The Hall–Kier alpha value is -1.94. The first-order valence-corrected chi connectivity index (χ1v) is 5.68. The fourth-order valence-corrected chi connectivity index (χ4v) is 2.69. The quantitative estimate of drug-likeness (QED) is 0.468. The topological polar surface area (TPSA) is 43.1 Å². The molecule has 0 bridgehead atoms. The second-order valence-electron chi connectivity index (χ2n) is 3.56. The first-order chi connectivity index (χ1) is 7.75. The molecule has 0 saturated heterocycles. The van der Waals surface area contributed by atoms with Crippen molar-refractivity contribution in [3.63, 3.8) is 0 Å². The average molecular weight is 229 g/mol. The molecule has 4 heteroatoms. The van der Waals surface area contributed by atoms with Gasteiger partial charge in [-0.25, -0.2) is 0 Å². The van der Waals surface area contributed by atoms with Crippen LogP contribution in [0.25, 0.3) is 20.9 Å². The third kappa shape index (κ3) is 1.27. The van der Waals surface area contributed by atoms with E-state index in [-0.39, 0.29) is 10.6 Å². The van der Waals surface area contributed by atoms with E-state index in [9.17, 15) is 10.1 Å². The van der Waals surface area contributed by atoms with Crippen molar-refractivity contribution >= 4 is 37.9 Å². The summed E-state index contributed by atoms with van der Waals surface area (Å²) < 4.78 is 1.21. The smallest absolute Gasteiger partial charge is 0.258 e. The zero-order valence-corrected chi connectivity index (χ0v) is 9.03. The summed E-state index contributed by atoms with van der Waals surface area (Å²) >= 11 is 1.68. The van der Waals surface area contributed by atoms with Gasteiger partial charge in [-0.05, 0) is 34.4 Å². The number of rotatable bonds is 1. The van der Waals surface area contributed by atoms with E-state index < -0.39 is 0 Å². The second-order valence-corrected chi connectivity index (χ2v) is 4.51. The van der Waals surface area contributed by atoms with Gasteiger partial charge in [-0.3, -0.25) is 10.1 Å². The molecule has 78 valence electrons. The van der Waals surface area contributed by atoms with Gasteiger partial charge in [0.15, 0.2) is 0 Å². The van der Waals surface area contributed by atoms with Crippen molar-refractivity contribution in [1.82, 2.24) is 0 Å². The molecular formula is C12H7NO2S. The van der Waals surface area contributed by atoms with Crippen LogP contribution in [0.15, 0.2) is 41.8 Å². The molecule has 0 fully saturated rings. The lowest BCUT2D eigenvalue weighted by Crippen LogP contribution is -1.87. The van der Waals surface area contributed by atoms with Gasteiger partial charge in [0.05, 0.1) is 4.92 Å². The Bertz CT molecular complexity index is 702. The zero-order chi connectivity index (χ0) is 11.1. The molecule has 0 amide bonds. The van der Waals surface area contributed by atoms with E-state index in [1.54, 1.807) is 23.5 Å². The van der Waals surface area contributed by atoms with Crippen molar-refractivity contribution in [2.75, 3.05) is 0 Å². The molecule has 1 aromatic heterocycles. The summed E-state index contributed by atoms with van der Waals surface area (Å²) in [5.74, 6) is 0. The van der Waals surface area contributed by atoms with Gasteiger partial charge in [0.25, 0.3) is 5.69 Å². The van der Waals surface area contributed by atoms with Crippen LogP contribution in [-0.2, 0) is 0 Å². The molecule has 0 radical (unpaired) electrons. The van der Waals surface area contributed by atoms with Crippen molar-refractivity contribution in [2.45, 2.75) is 0 Å². The van der Waals surface area contributed by atoms with Gasteiger partial charge in [0.2, 0.25) is 0 Å². The van der Waals surface area contributed by atoms with Crippen LogP contribution >= 0.6 is 11.3 Å². The van der Waals surface area contributed by atoms with Gasteiger partial charge in [-0.2, -0.15) is 0 Å². The number of non-ortho nitro benzene ring substituents is 1. The van der Waals surface area contributed by atoms with Gasteiger partial charge in [0.1, 0.15) is 0 Å². The Labute approximate surface area is 95.1 Å². The summed E-state index contributed by atoms with van der Waals surface area (Å²) in [6.45, 7) is 0. The van der Waals surface area contributed by atoms with Crippen LogP contribution in [0.3, 0.4) is 0 Å². The minimum atomic E-state index is -0.364. The number of fused-ring (bicyclic) bond motifs is 3. The molecular weight excluding hydrogens is 222 g/mol. The van der Waals surface area contributed by atoms with Crippen molar-refractivity contribution < 1.29 is 4.92 Å². The number of hydrogen-bond donors (Lipinski definition) is 0. The molecule has 0 aliphatic heterocycles. The summed E-state index contributed by atoms with van der Waals surface area (Å²) in [6, 6.07) is 11.0. The molecule has 0 unspecified atom stereocenters. The molecule has 1 heterocycles. The molecule has 3 aromatic rings. The highest BCUT2D eigenvalue weighted by atomic mass is 32.1. The van der Waals surface area contributed by atoms with Crippen LogP contribution in [0.2, 0.25) is 0 Å². The molecule has 0 aliphatic rings. The van der Waals surface area contributed by atoms with Crippen LogP contribution in [0.5, 0.6) is 0 Å². The molecule has 0 aliphatic carbocycles. The lowest BCUT2D eigenvalue weighted by Gasteiger charge is -1.99. The standard InChI is InChI=1S/C12H7NO2S/c14-13(15)9-2-3-10-8(7-9)1-4-12-11(10)5-6-16-12/h1-7H. The van der Waals surface area contributed by atoms with Gasteiger partial charge in [0, 0.05) is 22.2 Å². The van der Waals surface area contributed by atoms with E-state index in [4.69, 9.17) is 0 Å². The van der Waals surface area contributed by atoms with Gasteiger partial charge in [-0.15, -0.1) is 11.3 Å². The number of hydrogen-bond acceptors (Lipinski definition) is 3. The van der Waals surface area contributed by atoms with Crippen molar-refractivity contribution in [2.24, 2.45) is 0 Å². The molecule has 0 spiro atoms. The van der Waals surface area contributed by atoms with Crippen LogP contribution in [0.4, 0.5) is 5.69 Å². The van der Waals surface area contributed by atoms with E-state index in [0.717, 1.165) is 16.2 Å². The number of benzene rings is 2. The maximum Gasteiger partial charge on any atom is 0.270 e. The molecule has 3 rings (SSSR count). The highest BCUT2D eigenvalue weighted by Gasteiger charge is 2.07. The van der Waals surface area contributed by atoms with Crippen molar-refractivity contribution in [3.8, 4) is 0 Å². The monoisotopic (exact) mass is 229 g/mol. The molecule has 0 atom stereocenters. The Morgan fingerprint density at radius 3 is 2.75 bits per heavy atom. The summed E-state index contributed by atoms with van der Waals surface area (Å²) in [6.07, 6.45) is 0. The number of nitrogens with zero attached hydrogens (tertiary/aromatic N) is 1. The van der Waals surface area contributed by atoms with Crippen LogP contribution in [0.1, 0.15) is 0 Å². The Balaban J connectivity index is 2.41. The Morgan fingerprint density at radius 2 is 1.94 bits per heavy atom. The van der Waals surface area contributed by atoms with E-state index >= 15 is 0 Å². The maximum absolute atomic E-state index is 10.7. The average Bonchev–Trinajstić information content (AvgIpc) is 2.76. The molecule has 3 nitrogen and oxygen atoms in total. The lowest BCUT2D eigenvalue weighted by atomic mass is 10.1. The van der Waals surface area contributed by atoms with Crippen molar-refractivity contribution in [1.29, 1.82) is 0 Å². The van der Waals surface area contributed by atoms with E-state index in [0.29, 0.717) is 0 Å². The van der Waals surface area contributed by atoms with Crippen molar-refractivity contribution in [3.05, 3.63) is 51.9 Å². The molecule has 0 saturated carbocycles. The fourth-order valence-electron chi connectivity index (χ4n) is 1.88. The molecule has 0 N–H and O–H groups in total. The minimum absolute atomic E-state index is 0.141. The predicted octanol–water partition coefficient (Wildman–Crippen LogP) is 3.96. The number of thiophene rings is 1. The predicted molar refractivity (Wildman–Crippen MR) is 66.0 cm³/mol. The highest BCUT2D eigenvalue weighted by molar-refractivity contribution is 7.17. The van der Waals surface area contributed by atoms with Gasteiger partial charge < -0.3 is 0 Å². The normalized spacial score (nSPS) is 11.0.